The molecule has 65 heavy (non-hydrogen) atoms. The second-order valence-corrected chi connectivity index (χ2v) is 14.0. The van der Waals surface area contributed by atoms with Crippen molar-refractivity contribution in [3.05, 3.63) is 84.1 Å². The van der Waals surface area contributed by atoms with Gasteiger partial charge >= 0.3 is 23.1 Å². The molecule has 0 amide bonds. The first-order valence-electron chi connectivity index (χ1n) is 16.6. The molecule has 0 spiro atoms. The number of aryl methyl sites for hydroxylation is 7. The summed E-state index contributed by atoms with van der Waals surface area (Å²) >= 11 is 4.32. The van der Waals surface area contributed by atoms with Crippen LogP contribution in [0.25, 0.3) is 9.69 Å². The number of nitrogens with zero attached hydrogens (tertiary/aromatic N) is 14. The van der Waals surface area contributed by atoms with Crippen molar-refractivity contribution in [2.45, 2.75) is 62.3 Å². The number of nitrogens with one attached hydrogen (secondary N) is 4. The van der Waals surface area contributed by atoms with Crippen molar-refractivity contribution in [2.75, 3.05) is 6.61 Å². The van der Waals surface area contributed by atoms with Crippen LogP contribution < -0.4 is 14.2 Å². The van der Waals surface area contributed by atoms with Gasteiger partial charge in [0.15, 0.2) is 5.82 Å². The van der Waals surface area contributed by atoms with Crippen LogP contribution >= 0.6 is 34.0 Å². The standard InChI is InChI=1S/C6H4N4.C6H8N2O2S.C6H5NO4S.C4H5N3O2.C4H5NS.C3H5N3.C2H4N4.CH4.O3S/c1-4-9-5(7-2)6(8-3)10-4;1-5-7-8-6(11-5)2-3-10-4-9;1-4-7-5(10-2-8)6(12-4)11-3-9;1-3-5-4(7-6-3)9-2-8;1-4-5-2-3-6-4;1-3-4-2-5-6-3;1-2-3-5-6-4-2;;1-4(2)3/h1H3,(H,9,10);4H,2-3H2,1H3;2-3H,1H3;2H,1H3,(H,5,6,7);2-3H,1H3;2H,1H3,(H,4,5,6);1H3,(H,3,4,5,6);1H4;. The third-order valence-electron chi connectivity index (χ3n) is 5.33. The quantitative estimate of drug-likeness (QED) is 0.0867. The SMILES string of the molecule is C.Cc1nc(OC=O)c(OC=O)s1.Cc1nc(OC=O)n[nH]1.Cc1nccs1.Cc1ncn[nH]1.Cc1nn[nH]n1.Cc1nnc(CCOC=O)s1.O=S(=O)=O.[C-]#[N+]c1nc(C)[nH]c1[N+]#[C-]. The Balaban J connectivity index is 0. The summed E-state index contributed by atoms with van der Waals surface area (Å²) in [5, 5.41) is 38.4. The highest BCUT2D eigenvalue weighted by atomic mass is 32.2. The number of carbonyl (C=O) groups excluding carboxylic acids is 4. The summed E-state index contributed by atoms with van der Waals surface area (Å²) in [5.41, 5.74) is 0. The predicted octanol–water partition coefficient (Wildman–Crippen LogP) is 3.26. The monoisotopic (exact) mass is 980 g/mol. The Morgan fingerprint density at radius 2 is 1.43 bits per heavy atom. The van der Waals surface area contributed by atoms with Crippen molar-refractivity contribution < 1.29 is 50.8 Å². The predicted molar refractivity (Wildman–Crippen MR) is 228 cm³/mol. The minimum Gasteiger partial charge on any atom is -0.467 e. The zero-order chi connectivity index (χ0) is 48.1. The lowest BCUT2D eigenvalue weighted by Crippen LogP contribution is -1.95. The Bertz CT molecular complexity index is 2390. The van der Waals surface area contributed by atoms with Gasteiger partial charge in [-0.05, 0) is 41.5 Å². The molecule has 0 aliphatic carbocycles. The topological polar surface area (TPSA) is 383 Å². The van der Waals surface area contributed by atoms with Crippen molar-refractivity contribution in [3.63, 3.8) is 0 Å². The van der Waals surface area contributed by atoms with Crippen molar-refractivity contribution in [1.29, 1.82) is 0 Å². The Kier molecular flexibility index (Phi) is 33.1. The number of hydrogen-bond acceptors (Lipinski definition) is 26. The molecule has 33 heteroatoms. The number of carbonyl (C=O) groups is 4. The van der Waals surface area contributed by atoms with E-state index in [2.05, 4.69) is 110 Å². The first-order valence-corrected chi connectivity index (χ1v) is 20.1. The largest absolute Gasteiger partial charge is 0.467 e. The zero-order valence-corrected chi connectivity index (χ0v) is 37.6. The number of hydrogen-bond donors (Lipinski definition) is 4. The molecule has 7 aromatic rings. The maximum absolute atomic E-state index is 9.95. The van der Waals surface area contributed by atoms with E-state index in [4.69, 9.17) is 25.8 Å². The fourth-order valence-corrected chi connectivity index (χ4v) is 4.87. The molecule has 0 bridgehead atoms. The van der Waals surface area contributed by atoms with E-state index in [-0.39, 0.29) is 55.4 Å². The van der Waals surface area contributed by atoms with E-state index in [9.17, 15) is 19.2 Å². The van der Waals surface area contributed by atoms with Crippen LogP contribution in [0.3, 0.4) is 0 Å². The van der Waals surface area contributed by atoms with Gasteiger partial charge < -0.3 is 28.6 Å². The van der Waals surface area contributed by atoms with E-state index in [1.165, 1.54) is 17.7 Å². The van der Waals surface area contributed by atoms with Crippen molar-refractivity contribution >= 4 is 82.1 Å². The van der Waals surface area contributed by atoms with Crippen LogP contribution in [0, 0.1) is 61.6 Å². The Morgan fingerprint density at radius 3 is 1.80 bits per heavy atom. The van der Waals surface area contributed by atoms with Gasteiger partial charge in [-0.2, -0.15) is 15.3 Å². The Labute approximate surface area is 382 Å². The maximum Gasteiger partial charge on any atom is 0.425 e. The summed E-state index contributed by atoms with van der Waals surface area (Å²) in [7, 11) is -3.11. The highest BCUT2D eigenvalue weighted by molar-refractivity contribution is 7.59. The van der Waals surface area contributed by atoms with E-state index < -0.39 is 10.6 Å². The van der Waals surface area contributed by atoms with Crippen LogP contribution in [0.15, 0.2) is 17.9 Å². The third kappa shape index (κ3) is 30.5. The van der Waals surface area contributed by atoms with Crippen LogP contribution in [0.2, 0.25) is 0 Å². The maximum atomic E-state index is 9.95. The molecule has 0 saturated heterocycles. The first-order chi connectivity index (χ1) is 30.6. The summed E-state index contributed by atoms with van der Waals surface area (Å²) in [5.74, 6) is 3.17. The number of ether oxygens (including phenoxy) is 4. The van der Waals surface area contributed by atoms with Crippen molar-refractivity contribution in [1.82, 2.24) is 81.1 Å². The minimum atomic E-state index is -3.11. The molecule has 0 aliphatic rings. The molecule has 0 saturated carbocycles. The summed E-state index contributed by atoms with van der Waals surface area (Å²) < 4.78 is 43.1. The second-order valence-electron chi connectivity index (χ2n) is 10.1. The van der Waals surface area contributed by atoms with E-state index in [1.54, 1.807) is 45.2 Å². The van der Waals surface area contributed by atoms with Crippen LogP contribution in [0.1, 0.15) is 50.8 Å². The number of imidazole rings is 1. The Hall–Kier alpha value is -8.14. The number of aromatic amines is 4. The van der Waals surface area contributed by atoms with Crippen LogP contribution in [-0.4, -0.2) is 126 Å². The number of rotatable bonds is 10. The van der Waals surface area contributed by atoms with Gasteiger partial charge in [0.2, 0.25) is 5.06 Å². The van der Waals surface area contributed by atoms with Crippen LogP contribution in [0.5, 0.6) is 17.0 Å². The zero-order valence-electron chi connectivity index (χ0n) is 34.3. The van der Waals surface area contributed by atoms with Gasteiger partial charge in [-0.15, -0.1) is 60.8 Å². The van der Waals surface area contributed by atoms with E-state index >= 15 is 0 Å². The Morgan fingerprint density at radius 1 is 0.738 bits per heavy atom. The van der Waals surface area contributed by atoms with Crippen LogP contribution in [-0.2, 0) is 40.9 Å². The molecule has 7 heterocycles. The highest BCUT2D eigenvalue weighted by Gasteiger charge is 2.11. The second kappa shape index (κ2) is 36.5. The molecule has 0 unspecified atom stereocenters. The van der Waals surface area contributed by atoms with Gasteiger partial charge in [0, 0.05) is 24.9 Å². The fourth-order valence-electron chi connectivity index (χ4n) is 3.07. The fraction of sp³-hybridized carbons (Fsp3) is 0.312. The molecule has 0 aliphatic heterocycles. The molecular weight excluding hydrogens is 941 g/mol. The average molecular weight is 981 g/mol. The third-order valence-corrected chi connectivity index (χ3v) is 7.78. The summed E-state index contributed by atoms with van der Waals surface area (Å²) in [4.78, 5) is 67.0. The van der Waals surface area contributed by atoms with Gasteiger partial charge in [-0.25, -0.2) is 9.97 Å². The van der Waals surface area contributed by atoms with E-state index in [0.29, 0.717) is 42.0 Å². The molecule has 29 nitrogen and oxygen atoms in total. The molecule has 0 fully saturated rings. The molecule has 0 aromatic carbocycles. The average Bonchev–Trinajstić information content (AvgIpc) is 4.12. The van der Waals surface area contributed by atoms with Crippen molar-refractivity contribution in [3.8, 4) is 17.0 Å². The molecule has 0 atom stereocenters. The van der Waals surface area contributed by atoms with E-state index in [0.717, 1.165) is 32.2 Å². The number of tetrazole rings is 1. The first kappa shape index (κ1) is 59.0. The molecule has 7 rings (SSSR count). The van der Waals surface area contributed by atoms with E-state index in [1.807, 2.05) is 26.2 Å². The summed E-state index contributed by atoms with van der Waals surface area (Å²) in [6.07, 6.45) is 3.94. The summed E-state index contributed by atoms with van der Waals surface area (Å²) in [6, 6.07) is 0.0579. The smallest absolute Gasteiger partial charge is 0.425 e. The van der Waals surface area contributed by atoms with Crippen molar-refractivity contribution in [2.24, 2.45) is 0 Å². The number of H-pyrrole nitrogens is 4. The van der Waals surface area contributed by atoms with Gasteiger partial charge in [0.05, 0.1) is 16.6 Å². The van der Waals surface area contributed by atoms with Gasteiger partial charge in [0.1, 0.15) is 28.0 Å². The lowest BCUT2D eigenvalue weighted by atomic mass is 10.5. The number of thiazole rings is 2. The highest BCUT2D eigenvalue weighted by Crippen LogP contribution is 2.32. The lowest BCUT2D eigenvalue weighted by molar-refractivity contribution is -0.128. The molecule has 0 radical (unpaired) electrons. The van der Waals surface area contributed by atoms with Gasteiger partial charge in [-0.3, -0.25) is 39.3 Å². The molecule has 4 N–H and O–H groups in total. The molecule has 348 valence electrons. The summed E-state index contributed by atoms with van der Waals surface area (Å²) in [6.45, 7) is 27.4. The van der Waals surface area contributed by atoms with Gasteiger partial charge in [-0.1, -0.05) is 42.1 Å². The lowest BCUT2D eigenvalue weighted by Gasteiger charge is -1.93. The molecular formula is C32H40N18O11S4. The normalized spacial score (nSPS) is 8.63. The van der Waals surface area contributed by atoms with Gasteiger partial charge in [0.25, 0.3) is 42.8 Å². The number of aromatic nitrogens is 16. The minimum absolute atomic E-state index is 0. The van der Waals surface area contributed by atoms with Crippen LogP contribution in [0.4, 0.5) is 11.6 Å². The molecule has 7 aromatic heterocycles.